The van der Waals surface area contributed by atoms with Crippen molar-refractivity contribution in [2.75, 3.05) is 33.2 Å². The fraction of sp³-hybridized carbons (Fsp3) is 0.333. The van der Waals surface area contributed by atoms with E-state index in [-0.39, 0.29) is 24.0 Å². The quantitative estimate of drug-likeness (QED) is 0.275. The summed E-state index contributed by atoms with van der Waals surface area (Å²) < 4.78 is 15.2. The Hall–Kier alpha value is -2.69. The van der Waals surface area contributed by atoms with E-state index in [1.807, 2.05) is 49.4 Å². The monoisotopic (exact) mass is 528 g/mol. The zero-order valence-electron chi connectivity index (χ0n) is 17.7. The topological polar surface area (TPSA) is 93.2 Å². The van der Waals surface area contributed by atoms with Crippen molar-refractivity contribution >= 4 is 41.7 Å². The lowest BCUT2D eigenvalue weighted by Crippen LogP contribution is -2.36. The third-order valence-electron chi connectivity index (χ3n) is 4.09. The van der Waals surface area contributed by atoms with Gasteiger partial charge in [-0.25, -0.2) is 9.79 Å². The molecule has 164 valence electrons. The molecule has 0 spiro atoms. The smallest absolute Gasteiger partial charge is 0.411 e. The number of hydrogen-bond acceptors (Lipinski definition) is 5. The van der Waals surface area contributed by atoms with Crippen molar-refractivity contribution in [3.05, 3.63) is 53.6 Å². The maximum Gasteiger partial charge on any atom is 0.411 e. The number of methoxy groups -OCH3 is 3. The molecule has 0 atom stereocenters. The van der Waals surface area contributed by atoms with Crippen molar-refractivity contribution in [1.29, 1.82) is 0 Å². The summed E-state index contributed by atoms with van der Waals surface area (Å²) in [6.45, 7) is 3.81. The number of ether oxygens (including phenoxy) is 3. The largest absolute Gasteiger partial charge is 0.497 e. The van der Waals surface area contributed by atoms with Crippen molar-refractivity contribution in [3.8, 4) is 11.5 Å². The van der Waals surface area contributed by atoms with E-state index in [9.17, 15) is 4.79 Å². The summed E-state index contributed by atoms with van der Waals surface area (Å²) in [6, 6.07) is 13.1. The number of hydrogen-bond donors (Lipinski definition) is 3. The normalized spacial score (nSPS) is 10.5. The van der Waals surface area contributed by atoms with Crippen LogP contribution < -0.4 is 25.4 Å². The molecule has 0 saturated heterocycles. The van der Waals surface area contributed by atoms with Gasteiger partial charge in [0, 0.05) is 30.4 Å². The van der Waals surface area contributed by atoms with Crippen molar-refractivity contribution in [2.45, 2.75) is 20.0 Å². The number of guanidine groups is 1. The minimum absolute atomic E-state index is 0. The van der Waals surface area contributed by atoms with Gasteiger partial charge >= 0.3 is 6.09 Å². The summed E-state index contributed by atoms with van der Waals surface area (Å²) in [5.74, 6) is 2.19. The van der Waals surface area contributed by atoms with Crippen LogP contribution in [0.15, 0.2) is 47.5 Å². The molecule has 0 radical (unpaired) electrons. The second kappa shape index (κ2) is 13.5. The molecular formula is C21H29IN4O4. The Bertz CT molecular complexity index is 828. The average Bonchev–Trinajstić information content (AvgIpc) is 2.76. The van der Waals surface area contributed by atoms with E-state index in [2.05, 4.69) is 25.7 Å². The van der Waals surface area contributed by atoms with E-state index in [0.717, 1.165) is 29.2 Å². The van der Waals surface area contributed by atoms with Crippen LogP contribution in [0.2, 0.25) is 0 Å². The molecule has 2 aromatic carbocycles. The van der Waals surface area contributed by atoms with E-state index in [1.54, 1.807) is 14.2 Å². The summed E-state index contributed by atoms with van der Waals surface area (Å²) in [7, 11) is 4.59. The third kappa shape index (κ3) is 7.97. The molecule has 0 aromatic heterocycles. The molecule has 3 N–H and O–H groups in total. The fourth-order valence-corrected chi connectivity index (χ4v) is 2.55. The van der Waals surface area contributed by atoms with Gasteiger partial charge < -0.3 is 24.8 Å². The summed E-state index contributed by atoms with van der Waals surface area (Å²) in [6.07, 6.45) is -0.497. The van der Waals surface area contributed by atoms with E-state index < -0.39 is 6.09 Å². The molecule has 0 aliphatic rings. The number of carbonyl (C=O) groups is 1. The first-order valence-electron chi connectivity index (χ1n) is 9.26. The van der Waals surface area contributed by atoms with Crippen LogP contribution in [0.4, 0.5) is 10.5 Å². The maximum absolute atomic E-state index is 11.2. The zero-order chi connectivity index (χ0) is 21.1. The Kier molecular flexibility index (Phi) is 11.4. The second-order valence-corrected chi connectivity index (χ2v) is 6.04. The van der Waals surface area contributed by atoms with Crippen molar-refractivity contribution in [1.82, 2.24) is 10.6 Å². The Morgan fingerprint density at radius 1 is 1.00 bits per heavy atom. The number of halogens is 1. The van der Waals surface area contributed by atoms with E-state index in [4.69, 9.17) is 9.47 Å². The Labute approximate surface area is 194 Å². The van der Waals surface area contributed by atoms with Crippen LogP contribution in [-0.2, 0) is 17.8 Å². The minimum Gasteiger partial charge on any atom is -0.497 e. The van der Waals surface area contributed by atoms with E-state index >= 15 is 0 Å². The molecule has 0 heterocycles. The van der Waals surface area contributed by atoms with Gasteiger partial charge in [0.05, 0.1) is 27.9 Å². The van der Waals surface area contributed by atoms with Crippen LogP contribution in [-0.4, -0.2) is 39.9 Å². The number of carbonyl (C=O) groups excluding carboxylic acids is 1. The van der Waals surface area contributed by atoms with Gasteiger partial charge in [0.15, 0.2) is 5.96 Å². The molecule has 2 aromatic rings. The van der Waals surface area contributed by atoms with Gasteiger partial charge in [-0.1, -0.05) is 12.1 Å². The minimum atomic E-state index is -0.497. The molecule has 2 rings (SSSR count). The first-order valence-corrected chi connectivity index (χ1v) is 9.26. The van der Waals surface area contributed by atoms with Crippen LogP contribution in [0.5, 0.6) is 11.5 Å². The highest BCUT2D eigenvalue weighted by Crippen LogP contribution is 2.24. The molecule has 0 fully saturated rings. The first-order chi connectivity index (χ1) is 14.1. The maximum atomic E-state index is 11.2. The van der Waals surface area contributed by atoms with Crippen molar-refractivity contribution < 1.29 is 19.0 Å². The summed E-state index contributed by atoms with van der Waals surface area (Å²) >= 11 is 0. The SMILES string of the molecule is CCNC(=NCc1ccc(NC(=O)OC)cc1)NCc1ccc(OC)cc1OC.I. The number of anilines is 1. The standard InChI is InChI=1S/C21H28N4O4.HI/c1-5-22-20(24-14-16-8-11-18(27-2)12-19(16)28-3)23-13-15-6-9-17(10-7-15)25-21(26)29-4;/h6-12H,5,13-14H2,1-4H3,(H,25,26)(H2,22,23,24);1H. The van der Waals surface area contributed by atoms with Crippen LogP contribution in [0.3, 0.4) is 0 Å². The van der Waals surface area contributed by atoms with Crippen LogP contribution in [0, 0.1) is 0 Å². The Balaban J connectivity index is 0.00000450. The molecule has 0 aliphatic heterocycles. The predicted octanol–water partition coefficient (Wildman–Crippen LogP) is 3.76. The van der Waals surface area contributed by atoms with Gasteiger partial charge in [-0.2, -0.15) is 0 Å². The Morgan fingerprint density at radius 2 is 1.73 bits per heavy atom. The number of nitrogens with zero attached hydrogens (tertiary/aromatic N) is 1. The fourth-order valence-electron chi connectivity index (χ4n) is 2.55. The molecule has 0 bridgehead atoms. The molecule has 1 amide bonds. The number of aliphatic imine (C=N–C) groups is 1. The van der Waals surface area contributed by atoms with Crippen LogP contribution >= 0.6 is 24.0 Å². The molecule has 0 saturated carbocycles. The molecule has 30 heavy (non-hydrogen) atoms. The number of benzene rings is 2. The van der Waals surface area contributed by atoms with Crippen molar-refractivity contribution in [2.24, 2.45) is 4.99 Å². The van der Waals surface area contributed by atoms with Gasteiger partial charge in [0.25, 0.3) is 0 Å². The van der Waals surface area contributed by atoms with Gasteiger partial charge in [0.1, 0.15) is 11.5 Å². The summed E-state index contributed by atoms with van der Waals surface area (Å²) in [5.41, 5.74) is 2.68. The third-order valence-corrected chi connectivity index (χ3v) is 4.09. The van der Waals surface area contributed by atoms with E-state index in [1.165, 1.54) is 7.11 Å². The number of amides is 1. The van der Waals surface area contributed by atoms with Gasteiger partial charge in [-0.05, 0) is 36.8 Å². The van der Waals surface area contributed by atoms with Crippen LogP contribution in [0.25, 0.3) is 0 Å². The number of rotatable bonds is 8. The highest BCUT2D eigenvalue weighted by atomic mass is 127. The zero-order valence-corrected chi connectivity index (χ0v) is 20.0. The number of nitrogens with one attached hydrogen (secondary N) is 3. The van der Waals surface area contributed by atoms with Gasteiger partial charge in [-0.3, -0.25) is 5.32 Å². The van der Waals surface area contributed by atoms with Crippen LogP contribution in [0.1, 0.15) is 18.1 Å². The lowest BCUT2D eigenvalue weighted by molar-refractivity contribution is 0.187. The summed E-state index contributed by atoms with van der Waals surface area (Å²) in [4.78, 5) is 15.8. The molecule has 0 unspecified atom stereocenters. The predicted molar refractivity (Wildman–Crippen MR) is 129 cm³/mol. The molecule has 0 aliphatic carbocycles. The lowest BCUT2D eigenvalue weighted by Gasteiger charge is -2.14. The highest BCUT2D eigenvalue weighted by Gasteiger charge is 2.06. The highest BCUT2D eigenvalue weighted by molar-refractivity contribution is 14.0. The summed E-state index contributed by atoms with van der Waals surface area (Å²) in [5, 5.41) is 9.16. The average molecular weight is 528 g/mol. The first kappa shape index (κ1) is 25.3. The lowest BCUT2D eigenvalue weighted by atomic mass is 10.2. The molecule has 8 nitrogen and oxygen atoms in total. The van der Waals surface area contributed by atoms with Gasteiger partial charge in [0.2, 0.25) is 0 Å². The van der Waals surface area contributed by atoms with Crippen molar-refractivity contribution in [3.63, 3.8) is 0 Å². The van der Waals surface area contributed by atoms with Gasteiger partial charge in [-0.15, -0.1) is 24.0 Å². The molecular weight excluding hydrogens is 499 g/mol. The molecule has 9 heteroatoms. The van der Waals surface area contributed by atoms with E-state index in [0.29, 0.717) is 24.7 Å². The Morgan fingerprint density at radius 3 is 2.33 bits per heavy atom. The second-order valence-electron chi connectivity index (χ2n) is 6.04.